The number of allylic oxidation sites excluding steroid dienone is 2. The first-order chi connectivity index (χ1) is 3.95. The van der Waals surface area contributed by atoms with Crippen LogP contribution in [0, 0.1) is 11.8 Å². The van der Waals surface area contributed by atoms with E-state index < -0.39 is 0 Å². The van der Waals surface area contributed by atoms with E-state index in [9.17, 15) is 0 Å². The molecule has 2 atom stereocenters. The summed E-state index contributed by atoms with van der Waals surface area (Å²) < 4.78 is 0. The zero-order valence-corrected chi connectivity index (χ0v) is 4.98. The average Bonchev–Trinajstić information content (AvgIpc) is 2.34. The van der Waals surface area contributed by atoms with Gasteiger partial charge in [-0.15, -0.1) is 0 Å². The maximum atomic E-state index is 1.88. The maximum absolute atomic E-state index is 1.88. The van der Waals surface area contributed by atoms with Crippen molar-refractivity contribution >= 4 is 0 Å². The molecular formula is C8H10. The van der Waals surface area contributed by atoms with Gasteiger partial charge in [-0.05, 0) is 37.5 Å². The molecule has 42 valence electrons. The molecule has 0 heteroatoms. The molecule has 0 bridgehead atoms. The molecule has 1 fully saturated rings. The minimum Gasteiger partial charge on any atom is -0.0660 e. The molecule has 0 saturated heterocycles. The number of hydrogen-bond donors (Lipinski definition) is 0. The summed E-state index contributed by atoms with van der Waals surface area (Å²) >= 11 is 0. The lowest BCUT2D eigenvalue weighted by molar-refractivity contribution is 0.228. The molecule has 3 aliphatic rings. The Morgan fingerprint density at radius 3 is 2.62 bits per heavy atom. The molecule has 8 heavy (non-hydrogen) atoms. The second-order valence-corrected chi connectivity index (χ2v) is 3.45. The fraction of sp³-hybridized carbons (Fsp3) is 0.750. The van der Waals surface area contributed by atoms with Gasteiger partial charge in [-0.2, -0.15) is 0 Å². The fourth-order valence-corrected chi connectivity index (χ4v) is 2.37. The van der Waals surface area contributed by atoms with Crippen LogP contribution in [-0.2, 0) is 0 Å². The highest BCUT2D eigenvalue weighted by Crippen LogP contribution is 2.60. The second kappa shape index (κ2) is 0.896. The van der Waals surface area contributed by atoms with Crippen LogP contribution in [0.4, 0.5) is 0 Å². The van der Waals surface area contributed by atoms with Gasteiger partial charge < -0.3 is 0 Å². The molecule has 0 aromatic heterocycles. The molecule has 0 aliphatic heterocycles. The summed E-state index contributed by atoms with van der Waals surface area (Å²) in [5.41, 5.74) is 3.72. The zero-order valence-electron chi connectivity index (χ0n) is 4.98. The van der Waals surface area contributed by atoms with Gasteiger partial charge in [-0.1, -0.05) is 11.1 Å². The van der Waals surface area contributed by atoms with E-state index in [2.05, 4.69) is 0 Å². The first-order valence-corrected chi connectivity index (χ1v) is 3.66. The molecule has 0 spiro atoms. The van der Waals surface area contributed by atoms with E-state index in [0.29, 0.717) is 0 Å². The predicted octanol–water partition coefficient (Wildman–Crippen LogP) is 2.12. The summed E-state index contributed by atoms with van der Waals surface area (Å²) in [6, 6.07) is 0. The Hall–Kier alpha value is -0.260. The fourth-order valence-electron chi connectivity index (χ4n) is 2.37. The van der Waals surface area contributed by atoms with E-state index in [1.165, 1.54) is 25.7 Å². The van der Waals surface area contributed by atoms with Crippen molar-refractivity contribution in [3.05, 3.63) is 11.1 Å². The standard InChI is InChI=1S/C8H10/c1-2-7-5(1)3-6-4-8(6)7/h5,7H,1-4H2. The van der Waals surface area contributed by atoms with E-state index in [4.69, 9.17) is 0 Å². The Morgan fingerprint density at radius 1 is 1.25 bits per heavy atom. The minimum atomic E-state index is 1.12. The third kappa shape index (κ3) is 0.249. The summed E-state index contributed by atoms with van der Waals surface area (Å²) in [6.45, 7) is 0. The number of hydrogen-bond acceptors (Lipinski definition) is 0. The highest BCUT2D eigenvalue weighted by atomic mass is 14.5. The van der Waals surface area contributed by atoms with Crippen molar-refractivity contribution in [2.45, 2.75) is 25.7 Å². The van der Waals surface area contributed by atoms with Crippen molar-refractivity contribution in [1.82, 2.24) is 0 Å². The normalized spacial score (nSPS) is 48.0. The van der Waals surface area contributed by atoms with Crippen LogP contribution in [0.2, 0.25) is 0 Å². The van der Waals surface area contributed by atoms with Crippen LogP contribution in [-0.4, -0.2) is 0 Å². The molecule has 0 aromatic carbocycles. The molecule has 2 unspecified atom stereocenters. The molecule has 0 N–H and O–H groups in total. The first-order valence-electron chi connectivity index (χ1n) is 3.66. The lowest BCUT2D eigenvalue weighted by Gasteiger charge is -2.33. The van der Waals surface area contributed by atoms with Gasteiger partial charge in [0.25, 0.3) is 0 Å². The van der Waals surface area contributed by atoms with Crippen molar-refractivity contribution in [2.75, 3.05) is 0 Å². The van der Waals surface area contributed by atoms with Crippen LogP contribution in [0.15, 0.2) is 11.1 Å². The van der Waals surface area contributed by atoms with Gasteiger partial charge in [0.2, 0.25) is 0 Å². The maximum Gasteiger partial charge on any atom is -0.00998 e. The quantitative estimate of drug-likeness (QED) is 0.415. The third-order valence-electron chi connectivity index (χ3n) is 3.11. The summed E-state index contributed by atoms with van der Waals surface area (Å²) in [5, 5.41) is 0. The van der Waals surface area contributed by atoms with E-state index >= 15 is 0 Å². The SMILES string of the molecule is C1C2=C1C1CCC1C2. The van der Waals surface area contributed by atoms with Gasteiger partial charge >= 0.3 is 0 Å². The van der Waals surface area contributed by atoms with Crippen LogP contribution in [0.25, 0.3) is 0 Å². The average molecular weight is 106 g/mol. The summed E-state index contributed by atoms with van der Waals surface area (Å²) in [4.78, 5) is 0. The largest absolute Gasteiger partial charge is 0.0660 e. The van der Waals surface area contributed by atoms with Crippen molar-refractivity contribution in [1.29, 1.82) is 0 Å². The predicted molar refractivity (Wildman–Crippen MR) is 32.5 cm³/mol. The Kier molecular flexibility index (Phi) is 0.415. The van der Waals surface area contributed by atoms with Gasteiger partial charge in [0.1, 0.15) is 0 Å². The van der Waals surface area contributed by atoms with Crippen LogP contribution in [0.1, 0.15) is 25.7 Å². The molecule has 3 aliphatic carbocycles. The first kappa shape index (κ1) is 3.71. The van der Waals surface area contributed by atoms with Crippen LogP contribution < -0.4 is 0 Å². The van der Waals surface area contributed by atoms with Crippen LogP contribution in [0.5, 0.6) is 0 Å². The molecule has 0 nitrogen and oxygen atoms in total. The van der Waals surface area contributed by atoms with E-state index in [1.54, 1.807) is 0 Å². The Balaban J connectivity index is 2.01. The molecule has 3 rings (SSSR count). The van der Waals surface area contributed by atoms with Crippen molar-refractivity contribution in [3.63, 3.8) is 0 Å². The van der Waals surface area contributed by atoms with Crippen LogP contribution in [0.3, 0.4) is 0 Å². The highest BCUT2D eigenvalue weighted by Gasteiger charge is 2.46. The topological polar surface area (TPSA) is 0 Å². The van der Waals surface area contributed by atoms with Crippen molar-refractivity contribution in [3.8, 4) is 0 Å². The lowest BCUT2D eigenvalue weighted by Crippen LogP contribution is -2.22. The van der Waals surface area contributed by atoms with Gasteiger partial charge in [0.05, 0.1) is 0 Å². The highest BCUT2D eigenvalue weighted by molar-refractivity contribution is 5.44. The molecule has 1 saturated carbocycles. The summed E-state index contributed by atoms with van der Waals surface area (Å²) in [6.07, 6.45) is 6.02. The van der Waals surface area contributed by atoms with Gasteiger partial charge in [-0.3, -0.25) is 0 Å². The number of rotatable bonds is 0. The van der Waals surface area contributed by atoms with E-state index in [1.807, 2.05) is 11.1 Å². The number of fused-ring (bicyclic) bond motifs is 2. The minimum absolute atomic E-state index is 1.12. The summed E-state index contributed by atoms with van der Waals surface area (Å²) in [5.74, 6) is 2.26. The molecule has 0 heterocycles. The van der Waals surface area contributed by atoms with Gasteiger partial charge in [0.15, 0.2) is 0 Å². The van der Waals surface area contributed by atoms with E-state index in [-0.39, 0.29) is 0 Å². The zero-order chi connectivity index (χ0) is 5.14. The smallest absolute Gasteiger partial charge is 0.00998 e. The molecule has 0 radical (unpaired) electrons. The Bertz CT molecular complexity index is 176. The molecular weight excluding hydrogens is 96.1 g/mol. The van der Waals surface area contributed by atoms with E-state index in [0.717, 1.165) is 11.8 Å². The molecule has 0 aromatic rings. The second-order valence-electron chi connectivity index (χ2n) is 3.45. The monoisotopic (exact) mass is 106 g/mol. The van der Waals surface area contributed by atoms with Crippen molar-refractivity contribution in [2.24, 2.45) is 11.8 Å². The molecule has 0 amide bonds. The van der Waals surface area contributed by atoms with Crippen molar-refractivity contribution < 1.29 is 0 Å². The Morgan fingerprint density at radius 2 is 2.25 bits per heavy atom. The van der Waals surface area contributed by atoms with Crippen LogP contribution >= 0.6 is 0 Å². The van der Waals surface area contributed by atoms with Gasteiger partial charge in [-0.25, -0.2) is 0 Å². The summed E-state index contributed by atoms with van der Waals surface area (Å²) in [7, 11) is 0. The Labute approximate surface area is 49.6 Å². The lowest BCUT2D eigenvalue weighted by atomic mass is 9.72. The van der Waals surface area contributed by atoms with Gasteiger partial charge in [0, 0.05) is 0 Å². The third-order valence-corrected chi connectivity index (χ3v) is 3.11.